The number of methoxy groups -OCH3 is 1. The number of halogens is 2. The van der Waals surface area contributed by atoms with Crippen molar-refractivity contribution in [2.75, 3.05) is 20.3 Å². The first-order valence-corrected chi connectivity index (χ1v) is 8.34. The second-order valence-electron chi connectivity index (χ2n) is 4.46. The summed E-state index contributed by atoms with van der Waals surface area (Å²) in [6.07, 6.45) is -0.651. The Balaban J connectivity index is 2.18. The Morgan fingerprint density at radius 3 is 2.62 bits per heavy atom. The van der Waals surface area contributed by atoms with E-state index >= 15 is 0 Å². The zero-order valence-electron chi connectivity index (χ0n) is 11.6. The van der Waals surface area contributed by atoms with E-state index in [9.17, 15) is 5.11 Å². The number of rotatable bonds is 6. The van der Waals surface area contributed by atoms with Crippen molar-refractivity contribution in [1.29, 1.82) is 0 Å². The van der Waals surface area contributed by atoms with E-state index in [1.807, 2.05) is 42.5 Å². The molecule has 0 bridgehead atoms. The molecule has 0 amide bonds. The summed E-state index contributed by atoms with van der Waals surface area (Å²) in [6.45, 7) is 1.03. The molecule has 0 saturated carbocycles. The fraction of sp³-hybridized carbons (Fsp3) is 0.250. The predicted octanol–water partition coefficient (Wildman–Crippen LogP) is 4.16. The number of benzene rings is 2. The fourth-order valence-electron chi connectivity index (χ4n) is 1.92. The van der Waals surface area contributed by atoms with Gasteiger partial charge in [0.05, 0.1) is 11.1 Å². The highest BCUT2D eigenvalue weighted by atomic mass is 127. The lowest BCUT2D eigenvalue weighted by molar-refractivity contribution is 0.146. The van der Waals surface area contributed by atoms with E-state index in [1.165, 1.54) is 0 Å². The molecular weight excluding hydrogens is 447 g/mol. The Labute approximate surface area is 146 Å². The molecule has 1 atom stereocenters. The van der Waals surface area contributed by atoms with Crippen LogP contribution in [0.1, 0.15) is 17.2 Å². The molecule has 0 aliphatic heterocycles. The number of hydrogen-bond donors (Lipinski definition) is 1. The second kappa shape index (κ2) is 8.12. The van der Waals surface area contributed by atoms with Crippen LogP contribution in [0.3, 0.4) is 0 Å². The van der Waals surface area contributed by atoms with Crippen molar-refractivity contribution in [3.8, 4) is 5.75 Å². The van der Waals surface area contributed by atoms with Gasteiger partial charge in [-0.3, -0.25) is 0 Å². The van der Waals surface area contributed by atoms with Crippen LogP contribution in [0, 0.1) is 3.57 Å². The summed E-state index contributed by atoms with van der Waals surface area (Å²) in [5.74, 6) is 0.741. The first-order chi connectivity index (χ1) is 10.1. The molecule has 0 saturated heterocycles. The van der Waals surface area contributed by atoms with Crippen LogP contribution in [0.5, 0.6) is 5.75 Å². The predicted molar refractivity (Wildman–Crippen MR) is 94.7 cm³/mol. The van der Waals surface area contributed by atoms with Crippen molar-refractivity contribution in [2.24, 2.45) is 0 Å². The van der Waals surface area contributed by atoms with Crippen molar-refractivity contribution >= 4 is 38.5 Å². The van der Waals surface area contributed by atoms with Gasteiger partial charge >= 0.3 is 0 Å². The van der Waals surface area contributed by atoms with Gasteiger partial charge in [-0.05, 0) is 67.8 Å². The third-order valence-electron chi connectivity index (χ3n) is 3.02. The van der Waals surface area contributed by atoms with Gasteiger partial charge in [-0.1, -0.05) is 24.3 Å². The molecule has 0 aliphatic rings. The number of aliphatic hydroxyl groups is 1. The largest absolute Gasteiger partial charge is 0.490 e. The maximum atomic E-state index is 10.5. The molecule has 1 N–H and O–H groups in total. The maximum Gasteiger partial charge on any atom is 0.133 e. The van der Waals surface area contributed by atoms with E-state index < -0.39 is 6.10 Å². The lowest BCUT2D eigenvalue weighted by Crippen LogP contribution is -2.06. The van der Waals surface area contributed by atoms with Gasteiger partial charge < -0.3 is 14.6 Å². The van der Waals surface area contributed by atoms with E-state index in [0.29, 0.717) is 13.2 Å². The Hall–Kier alpha value is -0.630. The summed E-state index contributed by atoms with van der Waals surface area (Å²) in [4.78, 5) is 0. The summed E-state index contributed by atoms with van der Waals surface area (Å²) >= 11 is 5.71. The Bertz CT molecular complexity index is 604. The Morgan fingerprint density at radius 2 is 1.95 bits per heavy atom. The second-order valence-corrected chi connectivity index (χ2v) is 6.47. The summed E-state index contributed by atoms with van der Waals surface area (Å²) < 4.78 is 12.4. The molecule has 0 aromatic heterocycles. The molecule has 2 rings (SSSR count). The van der Waals surface area contributed by atoms with Gasteiger partial charge in [0.2, 0.25) is 0 Å². The van der Waals surface area contributed by atoms with Crippen LogP contribution in [0.15, 0.2) is 46.9 Å². The van der Waals surface area contributed by atoms with Crippen molar-refractivity contribution in [2.45, 2.75) is 6.10 Å². The first kappa shape index (κ1) is 16.7. The summed E-state index contributed by atoms with van der Waals surface area (Å²) in [5.41, 5.74) is 1.73. The summed E-state index contributed by atoms with van der Waals surface area (Å²) in [5, 5.41) is 10.5. The summed E-state index contributed by atoms with van der Waals surface area (Å²) in [6, 6.07) is 13.4. The smallest absolute Gasteiger partial charge is 0.133 e. The minimum Gasteiger partial charge on any atom is -0.490 e. The lowest BCUT2D eigenvalue weighted by Gasteiger charge is -2.15. The zero-order valence-corrected chi connectivity index (χ0v) is 15.3. The molecule has 0 aliphatic carbocycles. The normalized spacial score (nSPS) is 12.2. The molecule has 0 heterocycles. The highest BCUT2D eigenvalue weighted by Gasteiger charge is 2.14. The van der Waals surface area contributed by atoms with Gasteiger partial charge in [-0.25, -0.2) is 0 Å². The average molecular weight is 463 g/mol. The molecule has 0 radical (unpaired) electrons. The molecule has 2 aromatic rings. The maximum absolute atomic E-state index is 10.5. The van der Waals surface area contributed by atoms with Gasteiger partial charge in [-0.15, -0.1) is 0 Å². The van der Waals surface area contributed by atoms with Crippen molar-refractivity contribution in [3.05, 3.63) is 61.6 Å². The highest BCUT2D eigenvalue weighted by Crippen LogP contribution is 2.32. The van der Waals surface area contributed by atoms with Crippen molar-refractivity contribution in [1.82, 2.24) is 0 Å². The topological polar surface area (TPSA) is 38.7 Å². The van der Waals surface area contributed by atoms with Crippen LogP contribution in [-0.2, 0) is 4.74 Å². The molecule has 2 aromatic carbocycles. The van der Waals surface area contributed by atoms with Crippen LogP contribution in [0.2, 0.25) is 0 Å². The summed E-state index contributed by atoms with van der Waals surface area (Å²) in [7, 11) is 1.64. The van der Waals surface area contributed by atoms with E-state index in [-0.39, 0.29) is 0 Å². The highest BCUT2D eigenvalue weighted by molar-refractivity contribution is 14.1. The molecule has 0 spiro atoms. The first-order valence-electron chi connectivity index (χ1n) is 6.47. The minimum atomic E-state index is -0.651. The average Bonchev–Trinajstić information content (AvgIpc) is 2.49. The van der Waals surface area contributed by atoms with E-state index in [2.05, 4.69) is 38.5 Å². The molecule has 0 fully saturated rings. The Kier molecular flexibility index (Phi) is 6.47. The molecular formula is C16H16BrIO3. The van der Waals surface area contributed by atoms with Crippen LogP contribution in [0.4, 0.5) is 0 Å². The van der Waals surface area contributed by atoms with Crippen molar-refractivity contribution in [3.63, 3.8) is 0 Å². The zero-order chi connectivity index (χ0) is 15.2. The molecule has 3 nitrogen and oxygen atoms in total. The number of hydrogen-bond acceptors (Lipinski definition) is 3. The minimum absolute atomic E-state index is 0.494. The van der Waals surface area contributed by atoms with Gasteiger partial charge in [0.25, 0.3) is 0 Å². The molecule has 1 unspecified atom stereocenters. The Morgan fingerprint density at radius 1 is 1.19 bits per heavy atom. The van der Waals surface area contributed by atoms with E-state index in [4.69, 9.17) is 9.47 Å². The quantitative estimate of drug-likeness (QED) is 0.517. The fourth-order valence-corrected chi connectivity index (χ4v) is 3.11. The van der Waals surface area contributed by atoms with Crippen LogP contribution >= 0.6 is 38.5 Å². The van der Waals surface area contributed by atoms with Gasteiger partial charge in [0.1, 0.15) is 18.5 Å². The SMILES string of the molecule is COCCOc1ccc(C(O)c2ccccc2I)cc1Br. The van der Waals surface area contributed by atoms with Gasteiger partial charge in [0.15, 0.2) is 0 Å². The van der Waals surface area contributed by atoms with Gasteiger partial charge in [0, 0.05) is 10.7 Å². The van der Waals surface area contributed by atoms with Gasteiger partial charge in [-0.2, -0.15) is 0 Å². The molecule has 112 valence electrons. The van der Waals surface area contributed by atoms with E-state index in [0.717, 1.165) is 24.9 Å². The number of ether oxygens (including phenoxy) is 2. The number of aliphatic hydroxyl groups excluding tert-OH is 1. The van der Waals surface area contributed by atoms with Crippen LogP contribution < -0.4 is 4.74 Å². The monoisotopic (exact) mass is 462 g/mol. The standard InChI is InChI=1S/C16H16BrIO3/c1-20-8-9-21-15-7-6-11(10-13(15)17)16(19)12-4-2-3-5-14(12)18/h2-7,10,16,19H,8-9H2,1H3. The van der Waals surface area contributed by atoms with Crippen molar-refractivity contribution < 1.29 is 14.6 Å². The third-order valence-corrected chi connectivity index (χ3v) is 4.62. The molecule has 5 heteroatoms. The molecule has 21 heavy (non-hydrogen) atoms. The van der Waals surface area contributed by atoms with E-state index in [1.54, 1.807) is 7.11 Å². The lowest BCUT2D eigenvalue weighted by atomic mass is 10.0. The van der Waals surface area contributed by atoms with Crippen LogP contribution in [0.25, 0.3) is 0 Å². The third kappa shape index (κ3) is 4.42. The van der Waals surface area contributed by atoms with Crippen LogP contribution in [-0.4, -0.2) is 25.4 Å².